The molecule has 0 aliphatic carbocycles. The van der Waals surface area contributed by atoms with E-state index in [-0.39, 0.29) is 0 Å². The van der Waals surface area contributed by atoms with Gasteiger partial charge in [0.2, 0.25) is 5.95 Å². The van der Waals surface area contributed by atoms with E-state index in [9.17, 15) is 0 Å². The molecule has 0 unspecified atom stereocenters. The van der Waals surface area contributed by atoms with Crippen molar-refractivity contribution in [1.82, 2.24) is 30.0 Å². The first-order valence-electron chi connectivity index (χ1n) is 11.1. The number of rotatable bonds is 8. The lowest BCUT2D eigenvalue weighted by molar-refractivity contribution is 0.137. The standard InChI is InChI=1S/C22H32N8O/c1-5-17-19-20(30(28-17)11-12-31-6-2)21(25-18-13-15(3)7-8-24-18)27-22(26-19)29-10-9-23-14-16(29)4/h7-8,13,16,23H,5-6,9-12,14H2,1-4H3,(H,24,25,26,27)/t16-/m0/s1. The van der Waals surface area contributed by atoms with Crippen LogP contribution in [0.15, 0.2) is 18.3 Å². The van der Waals surface area contributed by atoms with E-state index in [0.717, 1.165) is 65.9 Å². The summed E-state index contributed by atoms with van der Waals surface area (Å²) in [7, 11) is 0. The van der Waals surface area contributed by atoms with E-state index < -0.39 is 0 Å². The fourth-order valence-electron chi connectivity index (χ4n) is 3.91. The van der Waals surface area contributed by atoms with Crippen molar-refractivity contribution in [3.63, 3.8) is 0 Å². The fourth-order valence-corrected chi connectivity index (χ4v) is 3.91. The zero-order chi connectivity index (χ0) is 21.8. The SMILES string of the molecule is CCOCCn1nc(CC)c2nc(N3CCNC[C@@H]3C)nc(Nc3cc(C)ccn3)c21. The minimum Gasteiger partial charge on any atom is -0.380 e. The maximum Gasteiger partial charge on any atom is 0.228 e. The van der Waals surface area contributed by atoms with Gasteiger partial charge >= 0.3 is 0 Å². The first-order chi connectivity index (χ1) is 15.1. The summed E-state index contributed by atoms with van der Waals surface area (Å²) >= 11 is 0. The summed E-state index contributed by atoms with van der Waals surface area (Å²) in [6.07, 6.45) is 2.60. The molecule has 0 bridgehead atoms. The number of hydrogen-bond acceptors (Lipinski definition) is 8. The predicted octanol–water partition coefficient (Wildman–Crippen LogP) is 2.67. The fraction of sp³-hybridized carbons (Fsp3) is 0.545. The van der Waals surface area contributed by atoms with Crippen LogP contribution < -0.4 is 15.5 Å². The van der Waals surface area contributed by atoms with Crippen LogP contribution in [0.1, 0.15) is 32.0 Å². The normalized spacial score (nSPS) is 16.8. The zero-order valence-corrected chi connectivity index (χ0v) is 18.9. The number of anilines is 3. The third kappa shape index (κ3) is 4.62. The Labute approximate surface area is 183 Å². The summed E-state index contributed by atoms with van der Waals surface area (Å²) in [6.45, 7) is 13.0. The highest BCUT2D eigenvalue weighted by atomic mass is 16.5. The van der Waals surface area contributed by atoms with Gasteiger partial charge in [0.25, 0.3) is 0 Å². The van der Waals surface area contributed by atoms with Crippen molar-refractivity contribution in [2.75, 3.05) is 43.1 Å². The average molecular weight is 425 g/mol. The number of nitrogens with zero attached hydrogens (tertiary/aromatic N) is 6. The van der Waals surface area contributed by atoms with Gasteiger partial charge in [-0.3, -0.25) is 4.68 Å². The lowest BCUT2D eigenvalue weighted by Gasteiger charge is -2.34. The highest BCUT2D eigenvalue weighted by Crippen LogP contribution is 2.29. The molecule has 0 aromatic carbocycles. The van der Waals surface area contributed by atoms with Gasteiger partial charge in [-0.15, -0.1) is 0 Å². The van der Waals surface area contributed by atoms with Crippen molar-refractivity contribution in [3.05, 3.63) is 29.6 Å². The monoisotopic (exact) mass is 424 g/mol. The predicted molar refractivity (Wildman–Crippen MR) is 123 cm³/mol. The third-order valence-corrected chi connectivity index (χ3v) is 5.55. The molecule has 3 aromatic heterocycles. The number of aromatic nitrogens is 5. The molecule has 0 amide bonds. The number of pyridine rings is 1. The van der Waals surface area contributed by atoms with Crippen LogP contribution in [0.5, 0.6) is 0 Å². The van der Waals surface area contributed by atoms with E-state index in [1.54, 1.807) is 6.20 Å². The van der Waals surface area contributed by atoms with Crippen molar-refractivity contribution in [3.8, 4) is 0 Å². The van der Waals surface area contributed by atoms with E-state index >= 15 is 0 Å². The molecule has 1 fully saturated rings. The molecular weight excluding hydrogens is 392 g/mol. The summed E-state index contributed by atoms with van der Waals surface area (Å²) < 4.78 is 7.55. The minimum atomic E-state index is 0.314. The van der Waals surface area contributed by atoms with Gasteiger partial charge in [0.15, 0.2) is 5.82 Å². The van der Waals surface area contributed by atoms with Gasteiger partial charge in [0.05, 0.1) is 18.8 Å². The number of piperazine rings is 1. The minimum absolute atomic E-state index is 0.314. The van der Waals surface area contributed by atoms with Crippen LogP contribution >= 0.6 is 0 Å². The van der Waals surface area contributed by atoms with E-state index in [2.05, 4.69) is 41.3 Å². The summed E-state index contributed by atoms with van der Waals surface area (Å²) in [5.74, 6) is 2.22. The summed E-state index contributed by atoms with van der Waals surface area (Å²) in [5.41, 5.74) is 3.90. The Bertz CT molecular complexity index is 1030. The molecule has 1 aliphatic heterocycles. The lowest BCUT2D eigenvalue weighted by Crippen LogP contribution is -2.50. The van der Waals surface area contributed by atoms with Crippen molar-refractivity contribution in [2.24, 2.45) is 0 Å². The summed E-state index contributed by atoms with van der Waals surface area (Å²) in [5, 5.41) is 11.7. The molecule has 9 heteroatoms. The van der Waals surface area contributed by atoms with Gasteiger partial charge in [-0.2, -0.15) is 10.1 Å². The zero-order valence-electron chi connectivity index (χ0n) is 18.9. The van der Waals surface area contributed by atoms with Crippen molar-refractivity contribution >= 4 is 28.6 Å². The van der Waals surface area contributed by atoms with Crippen LogP contribution in [0.25, 0.3) is 11.0 Å². The van der Waals surface area contributed by atoms with Gasteiger partial charge in [-0.05, 0) is 44.9 Å². The Morgan fingerprint density at radius 1 is 1.29 bits per heavy atom. The molecule has 0 saturated carbocycles. The molecule has 2 N–H and O–H groups in total. The van der Waals surface area contributed by atoms with E-state index in [4.69, 9.17) is 19.8 Å². The van der Waals surface area contributed by atoms with E-state index in [1.165, 1.54) is 0 Å². The molecule has 166 valence electrons. The average Bonchev–Trinajstić information content (AvgIpc) is 3.12. The summed E-state index contributed by atoms with van der Waals surface area (Å²) in [4.78, 5) is 16.7. The third-order valence-electron chi connectivity index (χ3n) is 5.55. The highest BCUT2D eigenvalue weighted by Gasteiger charge is 2.25. The first kappa shape index (κ1) is 21.5. The first-order valence-corrected chi connectivity index (χ1v) is 11.1. The van der Waals surface area contributed by atoms with Gasteiger partial charge in [0, 0.05) is 38.5 Å². The molecule has 31 heavy (non-hydrogen) atoms. The Kier molecular flexibility index (Phi) is 6.62. The number of hydrogen-bond donors (Lipinski definition) is 2. The van der Waals surface area contributed by atoms with Gasteiger partial charge in [-0.25, -0.2) is 9.97 Å². The van der Waals surface area contributed by atoms with E-state index in [0.29, 0.717) is 25.8 Å². The maximum atomic E-state index is 5.59. The Hall–Kier alpha value is -2.78. The molecule has 4 heterocycles. The van der Waals surface area contributed by atoms with Crippen LogP contribution in [0.3, 0.4) is 0 Å². The second kappa shape index (κ2) is 9.57. The highest BCUT2D eigenvalue weighted by molar-refractivity contribution is 5.90. The molecule has 1 aliphatic rings. The molecule has 1 atom stereocenters. The summed E-state index contributed by atoms with van der Waals surface area (Å²) in [6, 6.07) is 4.31. The number of fused-ring (bicyclic) bond motifs is 1. The molecule has 4 rings (SSSR count). The molecule has 1 saturated heterocycles. The van der Waals surface area contributed by atoms with Gasteiger partial charge in [-0.1, -0.05) is 6.92 Å². The van der Waals surface area contributed by atoms with Crippen LogP contribution in [0.2, 0.25) is 0 Å². The molecular formula is C22H32N8O. The second-order valence-electron chi connectivity index (χ2n) is 7.88. The number of ether oxygens (including phenoxy) is 1. The van der Waals surface area contributed by atoms with Crippen LogP contribution in [0, 0.1) is 6.92 Å². The largest absolute Gasteiger partial charge is 0.380 e. The van der Waals surface area contributed by atoms with E-state index in [1.807, 2.05) is 23.7 Å². The number of nitrogens with one attached hydrogen (secondary N) is 2. The molecule has 0 spiro atoms. The number of aryl methyl sites for hydroxylation is 2. The van der Waals surface area contributed by atoms with Crippen molar-refractivity contribution in [2.45, 2.75) is 46.7 Å². The Morgan fingerprint density at radius 3 is 2.90 bits per heavy atom. The molecule has 0 radical (unpaired) electrons. The van der Waals surface area contributed by atoms with Crippen molar-refractivity contribution in [1.29, 1.82) is 0 Å². The maximum absolute atomic E-state index is 5.59. The lowest BCUT2D eigenvalue weighted by atomic mass is 10.2. The van der Waals surface area contributed by atoms with Crippen LogP contribution in [-0.2, 0) is 17.7 Å². The Balaban J connectivity index is 1.83. The van der Waals surface area contributed by atoms with Gasteiger partial charge in [0.1, 0.15) is 16.9 Å². The van der Waals surface area contributed by atoms with Crippen LogP contribution in [-0.4, -0.2) is 63.6 Å². The topological polar surface area (TPSA) is 93.0 Å². The smallest absolute Gasteiger partial charge is 0.228 e. The second-order valence-corrected chi connectivity index (χ2v) is 7.88. The van der Waals surface area contributed by atoms with Gasteiger partial charge < -0.3 is 20.3 Å². The van der Waals surface area contributed by atoms with Crippen molar-refractivity contribution < 1.29 is 4.74 Å². The van der Waals surface area contributed by atoms with Crippen LogP contribution in [0.4, 0.5) is 17.6 Å². The quantitative estimate of drug-likeness (QED) is 0.533. The Morgan fingerprint density at radius 2 is 2.16 bits per heavy atom. The molecule has 3 aromatic rings. The molecule has 9 nitrogen and oxygen atoms in total.